The van der Waals surface area contributed by atoms with Gasteiger partial charge in [-0.05, 0) is 38.1 Å². The fourth-order valence-electron chi connectivity index (χ4n) is 2.75. The first-order chi connectivity index (χ1) is 12.5. The maximum atomic E-state index is 12.8. The van der Waals surface area contributed by atoms with Crippen molar-refractivity contribution in [2.75, 3.05) is 17.2 Å². The Bertz CT molecular complexity index is 970. The van der Waals surface area contributed by atoms with Gasteiger partial charge in [0.05, 0.1) is 17.9 Å². The molecular weight excluding hydrogens is 328 g/mol. The van der Waals surface area contributed by atoms with Gasteiger partial charge in [-0.15, -0.1) is 0 Å². The predicted molar refractivity (Wildman–Crippen MR) is 104 cm³/mol. The van der Waals surface area contributed by atoms with E-state index in [9.17, 15) is 9.59 Å². The molecule has 0 fully saturated rings. The van der Waals surface area contributed by atoms with Crippen LogP contribution in [0.3, 0.4) is 0 Å². The number of benzene rings is 2. The third-order valence-electron chi connectivity index (χ3n) is 4.32. The summed E-state index contributed by atoms with van der Waals surface area (Å²) < 4.78 is 3.28. The van der Waals surface area contributed by atoms with Crippen LogP contribution in [-0.2, 0) is 11.8 Å². The fraction of sp³-hybridized carbons (Fsp3) is 0.200. The Hall–Kier alpha value is -3.28. The third-order valence-corrected chi connectivity index (χ3v) is 4.32. The molecule has 6 nitrogen and oxygen atoms in total. The summed E-state index contributed by atoms with van der Waals surface area (Å²) in [4.78, 5) is 25.0. The molecule has 0 saturated heterocycles. The molecule has 26 heavy (non-hydrogen) atoms. The maximum absolute atomic E-state index is 12.8. The van der Waals surface area contributed by atoms with Crippen LogP contribution in [0.25, 0.3) is 5.69 Å². The minimum absolute atomic E-state index is 0.0855. The fourth-order valence-corrected chi connectivity index (χ4v) is 2.75. The number of para-hydroxylation sites is 1. The smallest absolute Gasteiger partial charge is 0.295 e. The van der Waals surface area contributed by atoms with Crippen molar-refractivity contribution < 1.29 is 4.79 Å². The summed E-state index contributed by atoms with van der Waals surface area (Å²) in [6.07, 6.45) is 0. The molecule has 0 radical (unpaired) electrons. The van der Waals surface area contributed by atoms with Gasteiger partial charge in [0, 0.05) is 12.7 Å². The largest absolute Gasteiger partial charge is 0.376 e. The van der Waals surface area contributed by atoms with E-state index in [4.69, 9.17) is 0 Å². The molecule has 6 heteroatoms. The highest BCUT2D eigenvalue weighted by Gasteiger charge is 2.17. The molecule has 0 spiro atoms. The number of aromatic nitrogens is 2. The van der Waals surface area contributed by atoms with Crippen molar-refractivity contribution in [1.82, 2.24) is 9.36 Å². The minimum Gasteiger partial charge on any atom is -0.376 e. The number of rotatable bonds is 5. The van der Waals surface area contributed by atoms with Crippen LogP contribution in [0.5, 0.6) is 0 Å². The highest BCUT2D eigenvalue weighted by atomic mass is 16.2. The van der Waals surface area contributed by atoms with Gasteiger partial charge < -0.3 is 10.6 Å². The summed E-state index contributed by atoms with van der Waals surface area (Å²) in [5.41, 5.74) is 3.51. The topological polar surface area (TPSA) is 68.1 Å². The molecule has 0 unspecified atom stereocenters. The van der Waals surface area contributed by atoms with E-state index in [-0.39, 0.29) is 18.0 Å². The standard InChI is InChI=1S/C20H22N4O2/c1-14-9-11-16(12-10-14)21-13-18(25)22-19-15(2)23(3)24(20(19)26)17-7-5-4-6-8-17/h4-12,21H,13H2,1-3H3,(H,22,25). The van der Waals surface area contributed by atoms with Crippen molar-refractivity contribution in [2.45, 2.75) is 13.8 Å². The van der Waals surface area contributed by atoms with Crippen LogP contribution in [0.15, 0.2) is 59.4 Å². The number of amides is 1. The summed E-state index contributed by atoms with van der Waals surface area (Å²) in [5.74, 6) is -0.267. The van der Waals surface area contributed by atoms with Gasteiger partial charge in [0.1, 0.15) is 5.69 Å². The molecule has 0 atom stereocenters. The lowest BCUT2D eigenvalue weighted by molar-refractivity contribution is -0.114. The van der Waals surface area contributed by atoms with E-state index in [1.165, 1.54) is 0 Å². The molecule has 0 aliphatic heterocycles. The van der Waals surface area contributed by atoms with Crippen molar-refractivity contribution in [3.05, 3.63) is 76.2 Å². The lowest BCUT2D eigenvalue weighted by Gasteiger charge is -2.07. The minimum atomic E-state index is -0.267. The number of carbonyl (C=O) groups excluding carboxylic acids is 1. The molecule has 3 aromatic rings. The number of hydrogen-bond donors (Lipinski definition) is 2. The Morgan fingerprint density at radius 3 is 2.31 bits per heavy atom. The third kappa shape index (κ3) is 3.54. The Labute approximate surface area is 152 Å². The number of carbonyl (C=O) groups is 1. The van der Waals surface area contributed by atoms with Crippen molar-refractivity contribution in [3.63, 3.8) is 0 Å². The quantitative estimate of drug-likeness (QED) is 0.743. The second kappa shape index (κ2) is 7.31. The van der Waals surface area contributed by atoms with Crippen LogP contribution in [0, 0.1) is 13.8 Å². The molecule has 0 bridgehead atoms. The second-order valence-electron chi connectivity index (χ2n) is 6.20. The number of nitrogens with one attached hydrogen (secondary N) is 2. The molecular formula is C20H22N4O2. The first kappa shape index (κ1) is 17.5. The van der Waals surface area contributed by atoms with E-state index in [2.05, 4.69) is 10.6 Å². The van der Waals surface area contributed by atoms with E-state index < -0.39 is 0 Å². The zero-order valence-corrected chi connectivity index (χ0v) is 15.1. The van der Waals surface area contributed by atoms with Crippen LogP contribution in [0.2, 0.25) is 0 Å². The molecule has 1 aromatic heterocycles. The van der Waals surface area contributed by atoms with Gasteiger partial charge >= 0.3 is 0 Å². The highest BCUT2D eigenvalue weighted by molar-refractivity contribution is 5.94. The van der Waals surface area contributed by atoms with Crippen molar-refractivity contribution in [3.8, 4) is 5.69 Å². The van der Waals surface area contributed by atoms with Crippen molar-refractivity contribution in [2.24, 2.45) is 7.05 Å². The molecule has 1 heterocycles. The first-order valence-corrected chi connectivity index (χ1v) is 8.42. The van der Waals surface area contributed by atoms with Crippen LogP contribution in [-0.4, -0.2) is 21.8 Å². The molecule has 2 N–H and O–H groups in total. The van der Waals surface area contributed by atoms with Gasteiger partial charge in [-0.25, -0.2) is 4.68 Å². The van der Waals surface area contributed by atoms with E-state index in [0.29, 0.717) is 11.4 Å². The lowest BCUT2D eigenvalue weighted by Crippen LogP contribution is -2.26. The van der Waals surface area contributed by atoms with Crippen molar-refractivity contribution in [1.29, 1.82) is 0 Å². The zero-order chi connectivity index (χ0) is 18.7. The molecule has 0 aliphatic rings. The number of nitrogens with zero attached hydrogens (tertiary/aromatic N) is 2. The van der Waals surface area contributed by atoms with Crippen LogP contribution < -0.4 is 16.2 Å². The SMILES string of the molecule is Cc1ccc(NCC(=O)Nc2c(C)n(C)n(-c3ccccc3)c2=O)cc1. The Balaban J connectivity index is 1.76. The first-order valence-electron chi connectivity index (χ1n) is 8.42. The van der Waals surface area contributed by atoms with Gasteiger partial charge in [-0.2, -0.15) is 0 Å². The average molecular weight is 350 g/mol. The summed E-state index contributed by atoms with van der Waals surface area (Å²) in [6.45, 7) is 3.90. The average Bonchev–Trinajstić information content (AvgIpc) is 2.85. The zero-order valence-electron chi connectivity index (χ0n) is 15.1. The van der Waals surface area contributed by atoms with E-state index >= 15 is 0 Å². The molecule has 2 aromatic carbocycles. The molecule has 1 amide bonds. The normalized spacial score (nSPS) is 10.6. The molecule has 3 rings (SSSR count). The second-order valence-corrected chi connectivity index (χ2v) is 6.20. The number of anilines is 2. The number of aryl methyl sites for hydroxylation is 1. The van der Waals surface area contributed by atoms with Crippen LogP contribution in [0.1, 0.15) is 11.3 Å². The summed E-state index contributed by atoms with van der Waals surface area (Å²) in [7, 11) is 1.80. The Morgan fingerprint density at radius 2 is 1.65 bits per heavy atom. The highest BCUT2D eigenvalue weighted by Crippen LogP contribution is 2.14. The monoisotopic (exact) mass is 350 g/mol. The van der Waals surface area contributed by atoms with E-state index in [1.807, 2.05) is 68.4 Å². The van der Waals surface area contributed by atoms with Gasteiger partial charge in [-0.3, -0.25) is 14.3 Å². The van der Waals surface area contributed by atoms with Crippen LogP contribution in [0.4, 0.5) is 11.4 Å². The summed E-state index contributed by atoms with van der Waals surface area (Å²) >= 11 is 0. The summed E-state index contributed by atoms with van der Waals surface area (Å²) in [6, 6.07) is 17.1. The van der Waals surface area contributed by atoms with Crippen molar-refractivity contribution >= 4 is 17.3 Å². The van der Waals surface area contributed by atoms with Gasteiger partial charge in [-0.1, -0.05) is 35.9 Å². The molecule has 134 valence electrons. The lowest BCUT2D eigenvalue weighted by atomic mass is 10.2. The van der Waals surface area contributed by atoms with Gasteiger partial charge in [0.15, 0.2) is 0 Å². The predicted octanol–water partition coefficient (Wildman–Crippen LogP) is 2.84. The Kier molecular flexibility index (Phi) is 4.93. The van der Waals surface area contributed by atoms with Crippen LogP contribution >= 0.6 is 0 Å². The van der Waals surface area contributed by atoms with E-state index in [0.717, 1.165) is 16.9 Å². The van der Waals surface area contributed by atoms with Gasteiger partial charge in [0.25, 0.3) is 5.56 Å². The Morgan fingerprint density at radius 1 is 1.00 bits per heavy atom. The number of hydrogen-bond acceptors (Lipinski definition) is 3. The maximum Gasteiger partial charge on any atom is 0.295 e. The molecule has 0 saturated carbocycles. The van der Waals surface area contributed by atoms with E-state index in [1.54, 1.807) is 16.4 Å². The van der Waals surface area contributed by atoms with Gasteiger partial charge in [0.2, 0.25) is 5.91 Å². The summed E-state index contributed by atoms with van der Waals surface area (Å²) in [5, 5.41) is 5.79. The molecule has 0 aliphatic carbocycles.